The summed E-state index contributed by atoms with van der Waals surface area (Å²) in [5, 5.41) is 5.04. The van der Waals surface area contributed by atoms with Crippen LogP contribution in [-0.4, -0.2) is 9.97 Å². The van der Waals surface area contributed by atoms with Gasteiger partial charge >= 0.3 is 0 Å². The third-order valence-electron chi connectivity index (χ3n) is 8.15. The molecular weight excluding hydrogens is 496 g/mol. The first-order valence-corrected chi connectivity index (χ1v) is 14.0. The smallest absolute Gasteiger partial charge is 0.0465 e. The quantitative estimate of drug-likeness (QED) is 0.245. The van der Waals surface area contributed by atoms with E-state index in [0.717, 1.165) is 0 Å². The highest BCUT2D eigenvalue weighted by atomic mass is 14.7. The monoisotopic (exact) mass is 522 g/mol. The fraction of sp³-hybridized carbons (Fsp3) is 0. The lowest BCUT2D eigenvalue weighted by Crippen LogP contribution is -1.87. The Labute approximate surface area is 238 Å². The highest BCUT2D eigenvalue weighted by molar-refractivity contribution is 6.09. The second kappa shape index (κ2) is 9.62. The van der Waals surface area contributed by atoms with E-state index in [0.29, 0.717) is 0 Å². The van der Waals surface area contributed by atoms with Gasteiger partial charge in [-0.05, 0) is 85.6 Å². The molecule has 8 aromatic rings. The molecule has 0 aliphatic rings. The number of H-pyrrole nitrogens is 1. The molecule has 192 valence electrons. The Morgan fingerprint density at radius 1 is 0.390 bits per heavy atom. The Hall–Kier alpha value is -5.47. The van der Waals surface area contributed by atoms with E-state index in [1.165, 1.54) is 77.1 Å². The Morgan fingerprint density at radius 2 is 0.927 bits per heavy atom. The van der Waals surface area contributed by atoms with Gasteiger partial charge in [-0.25, -0.2) is 0 Å². The number of nitrogens with zero attached hydrogens (tertiary/aromatic N) is 1. The average molecular weight is 523 g/mol. The van der Waals surface area contributed by atoms with Crippen LogP contribution in [0.4, 0.5) is 0 Å². The highest BCUT2D eigenvalue weighted by Crippen LogP contribution is 2.38. The maximum Gasteiger partial charge on any atom is 0.0465 e. The van der Waals surface area contributed by atoms with Crippen LogP contribution in [0.15, 0.2) is 152 Å². The van der Waals surface area contributed by atoms with E-state index in [-0.39, 0.29) is 0 Å². The van der Waals surface area contributed by atoms with Crippen molar-refractivity contribution in [2.45, 2.75) is 0 Å². The molecule has 0 spiro atoms. The molecule has 0 amide bonds. The lowest BCUT2D eigenvalue weighted by molar-refractivity contribution is 1.33. The molecule has 6 aromatic carbocycles. The molecule has 2 aromatic heterocycles. The zero-order valence-electron chi connectivity index (χ0n) is 22.4. The van der Waals surface area contributed by atoms with Crippen LogP contribution in [0, 0.1) is 0 Å². The van der Waals surface area contributed by atoms with Crippen LogP contribution in [0.25, 0.3) is 77.1 Å². The van der Waals surface area contributed by atoms with Gasteiger partial charge in [-0.15, -0.1) is 0 Å². The Morgan fingerprint density at radius 3 is 1.61 bits per heavy atom. The zero-order valence-corrected chi connectivity index (χ0v) is 22.4. The van der Waals surface area contributed by atoms with Crippen LogP contribution in [0.5, 0.6) is 0 Å². The van der Waals surface area contributed by atoms with E-state index >= 15 is 0 Å². The summed E-state index contributed by atoms with van der Waals surface area (Å²) in [6, 6.07) is 50.4. The number of aromatic amines is 1. The second-order valence-electron chi connectivity index (χ2n) is 10.5. The number of pyridine rings is 1. The van der Waals surface area contributed by atoms with E-state index < -0.39 is 0 Å². The van der Waals surface area contributed by atoms with Crippen LogP contribution in [-0.2, 0) is 0 Å². The topological polar surface area (TPSA) is 28.7 Å². The Balaban J connectivity index is 1.19. The van der Waals surface area contributed by atoms with E-state index in [1.54, 1.807) is 0 Å². The molecule has 0 aliphatic carbocycles. The summed E-state index contributed by atoms with van der Waals surface area (Å²) in [5.41, 5.74) is 12.1. The van der Waals surface area contributed by atoms with Gasteiger partial charge in [0.15, 0.2) is 0 Å². The number of benzene rings is 6. The minimum Gasteiger partial charge on any atom is -0.355 e. The lowest BCUT2D eigenvalue weighted by atomic mass is 9.90. The Kier molecular flexibility index (Phi) is 5.49. The van der Waals surface area contributed by atoms with Gasteiger partial charge in [0.25, 0.3) is 0 Å². The van der Waals surface area contributed by atoms with E-state index in [2.05, 4.69) is 137 Å². The SMILES string of the molecule is c1cc(-c2ccc(-c3ccncc3)cc2)c2c(-c3ccc(-c4ccc5[nH]c6ccccc6c5c4)cc3)cccc2c1. The van der Waals surface area contributed by atoms with E-state index in [1.807, 2.05) is 24.5 Å². The maximum atomic E-state index is 4.15. The summed E-state index contributed by atoms with van der Waals surface area (Å²) >= 11 is 0. The van der Waals surface area contributed by atoms with Crippen molar-refractivity contribution < 1.29 is 0 Å². The van der Waals surface area contributed by atoms with Crippen LogP contribution >= 0.6 is 0 Å². The minimum absolute atomic E-state index is 1.17. The van der Waals surface area contributed by atoms with E-state index in [4.69, 9.17) is 0 Å². The van der Waals surface area contributed by atoms with Gasteiger partial charge in [-0.1, -0.05) is 109 Å². The average Bonchev–Trinajstić information content (AvgIpc) is 3.43. The third-order valence-corrected chi connectivity index (χ3v) is 8.15. The Bertz CT molecular complexity index is 2170. The number of nitrogens with one attached hydrogen (secondary N) is 1. The number of fused-ring (bicyclic) bond motifs is 4. The summed E-state index contributed by atoms with van der Waals surface area (Å²) in [6.07, 6.45) is 3.68. The van der Waals surface area contributed by atoms with Crippen LogP contribution in [0.1, 0.15) is 0 Å². The molecule has 0 saturated carbocycles. The van der Waals surface area contributed by atoms with Gasteiger partial charge in [-0.2, -0.15) is 0 Å². The fourth-order valence-electron chi connectivity index (χ4n) is 6.08. The predicted molar refractivity (Wildman–Crippen MR) is 173 cm³/mol. The summed E-state index contributed by atoms with van der Waals surface area (Å²) in [5.74, 6) is 0. The van der Waals surface area contributed by atoms with Crippen LogP contribution < -0.4 is 0 Å². The van der Waals surface area contributed by atoms with Crippen molar-refractivity contribution in [3.8, 4) is 44.5 Å². The molecular formula is C39H26N2. The number of para-hydroxylation sites is 1. The van der Waals surface area contributed by atoms with Gasteiger partial charge in [0.2, 0.25) is 0 Å². The van der Waals surface area contributed by atoms with Crippen molar-refractivity contribution in [3.63, 3.8) is 0 Å². The molecule has 2 heteroatoms. The molecule has 0 aliphatic heterocycles. The van der Waals surface area contributed by atoms with Crippen molar-refractivity contribution >= 4 is 32.6 Å². The summed E-state index contributed by atoms with van der Waals surface area (Å²) in [7, 11) is 0. The fourth-order valence-corrected chi connectivity index (χ4v) is 6.08. The standard InChI is InChI=1S/C39H26N2/c1-2-10-37-35(7-1)36-25-32(19-20-38(36)41-37)27-13-17-30(18-14-27)34-9-4-6-31-5-3-8-33(39(31)34)29-15-11-26(12-16-29)28-21-23-40-24-22-28/h1-25,41H. The van der Waals surface area contributed by atoms with Crippen LogP contribution in [0.3, 0.4) is 0 Å². The van der Waals surface area contributed by atoms with Gasteiger partial charge in [0.1, 0.15) is 0 Å². The molecule has 41 heavy (non-hydrogen) atoms. The van der Waals surface area contributed by atoms with Crippen molar-refractivity contribution in [2.24, 2.45) is 0 Å². The lowest BCUT2D eigenvalue weighted by Gasteiger charge is -2.14. The minimum atomic E-state index is 1.17. The molecule has 1 N–H and O–H groups in total. The highest BCUT2D eigenvalue weighted by Gasteiger charge is 2.12. The largest absolute Gasteiger partial charge is 0.355 e. The molecule has 2 nitrogen and oxygen atoms in total. The first kappa shape index (κ1) is 23.4. The predicted octanol–water partition coefficient (Wildman–Crippen LogP) is 10.5. The van der Waals surface area contributed by atoms with Gasteiger partial charge in [0, 0.05) is 34.2 Å². The summed E-state index contributed by atoms with van der Waals surface area (Å²) in [6.45, 7) is 0. The molecule has 0 atom stereocenters. The number of aromatic nitrogens is 2. The summed E-state index contributed by atoms with van der Waals surface area (Å²) < 4.78 is 0. The third kappa shape index (κ3) is 4.09. The first-order valence-electron chi connectivity index (χ1n) is 14.0. The molecule has 2 heterocycles. The van der Waals surface area contributed by atoms with Crippen molar-refractivity contribution in [3.05, 3.63) is 152 Å². The first-order chi connectivity index (χ1) is 20.3. The number of hydrogen-bond acceptors (Lipinski definition) is 1. The maximum absolute atomic E-state index is 4.15. The molecule has 0 fully saturated rings. The molecule has 0 unspecified atom stereocenters. The molecule has 0 radical (unpaired) electrons. The molecule has 8 rings (SSSR count). The normalized spacial score (nSPS) is 11.4. The van der Waals surface area contributed by atoms with Crippen molar-refractivity contribution in [1.82, 2.24) is 9.97 Å². The molecule has 0 saturated heterocycles. The summed E-state index contributed by atoms with van der Waals surface area (Å²) in [4.78, 5) is 7.68. The van der Waals surface area contributed by atoms with E-state index in [9.17, 15) is 0 Å². The van der Waals surface area contributed by atoms with Gasteiger partial charge in [-0.3, -0.25) is 4.98 Å². The molecule has 0 bridgehead atoms. The number of hydrogen-bond donors (Lipinski definition) is 1. The second-order valence-corrected chi connectivity index (χ2v) is 10.5. The van der Waals surface area contributed by atoms with Crippen molar-refractivity contribution in [1.29, 1.82) is 0 Å². The zero-order chi connectivity index (χ0) is 27.2. The van der Waals surface area contributed by atoms with Crippen molar-refractivity contribution in [2.75, 3.05) is 0 Å². The van der Waals surface area contributed by atoms with Gasteiger partial charge in [0.05, 0.1) is 0 Å². The number of rotatable bonds is 4. The van der Waals surface area contributed by atoms with Crippen LogP contribution in [0.2, 0.25) is 0 Å². The van der Waals surface area contributed by atoms with Gasteiger partial charge < -0.3 is 4.98 Å².